The zero-order chi connectivity index (χ0) is 16.8. The standard InChI is InChI=1S/C16H17Cl2N3O2/c1-11(7-8-12-5-3-2-4-6-12)20-14(22)10-21-16(23)15(18)13(17)9-19-21/h2-6,9,11H,7-8,10H2,1H3,(H,20,22)/t11-/m0/s1. The van der Waals surface area contributed by atoms with Gasteiger partial charge in [-0.2, -0.15) is 5.10 Å². The molecular weight excluding hydrogens is 337 g/mol. The fourth-order valence-corrected chi connectivity index (χ4v) is 2.38. The van der Waals surface area contributed by atoms with E-state index in [2.05, 4.69) is 10.4 Å². The molecule has 23 heavy (non-hydrogen) atoms. The Labute approximate surface area is 144 Å². The van der Waals surface area contributed by atoms with E-state index in [9.17, 15) is 9.59 Å². The van der Waals surface area contributed by atoms with Crippen LogP contribution in [0.2, 0.25) is 10.0 Å². The number of aromatic nitrogens is 2. The lowest BCUT2D eigenvalue weighted by molar-refractivity contribution is -0.122. The highest BCUT2D eigenvalue weighted by Crippen LogP contribution is 2.14. The maximum Gasteiger partial charge on any atom is 0.287 e. The highest BCUT2D eigenvalue weighted by Gasteiger charge is 2.12. The van der Waals surface area contributed by atoms with Crippen molar-refractivity contribution in [3.63, 3.8) is 0 Å². The molecule has 2 rings (SSSR count). The smallest absolute Gasteiger partial charge is 0.287 e. The van der Waals surface area contributed by atoms with Crippen LogP contribution in [0, 0.1) is 0 Å². The Morgan fingerprint density at radius 3 is 2.70 bits per heavy atom. The van der Waals surface area contributed by atoms with E-state index in [0.29, 0.717) is 0 Å². The normalized spacial score (nSPS) is 12.0. The van der Waals surface area contributed by atoms with E-state index >= 15 is 0 Å². The van der Waals surface area contributed by atoms with Crippen molar-refractivity contribution in [2.24, 2.45) is 0 Å². The van der Waals surface area contributed by atoms with Crippen LogP contribution in [0.15, 0.2) is 41.3 Å². The summed E-state index contributed by atoms with van der Waals surface area (Å²) < 4.78 is 0.994. The lowest BCUT2D eigenvalue weighted by Crippen LogP contribution is -2.38. The predicted molar refractivity (Wildman–Crippen MR) is 90.9 cm³/mol. The molecule has 0 saturated carbocycles. The van der Waals surface area contributed by atoms with E-state index in [1.165, 1.54) is 11.8 Å². The average Bonchev–Trinajstić information content (AvgIpc) is 2.54. The molecule has 0 aliphatic heterocycles. The molecule has 1 N–H and O–H groups in total. The number of hydrogen-bond acceptors (Lipinski definition) is 3. The van der Waals surface area contributed by atoms with Gasteiger partial charge in [0.25, 0.3) is 5.56 Å². The Morgan fingerprint density at radius 1 is 1.30 bits per heavy atom. The van der Waals surface area contributed by atoms with Crippen molar-refractivity contribution < 1.29 is 4.79 Å². The highest BCUT2D eigenvalue weighted by atomic mass is 35.5. The number of nitrogens with zero attached hydrogens (tertiary/aromatic N) is 2. The molecule has 7 heteroatoms. The molecule has 1 amide bonds. The van der Waals surface area contributed by atoms with Gasteiger partial charge < -0.3 is 5.32 Å². The molecule has 0 spiro atoms. The monoisotopic (exact) mass is 353 g/mol. The summed E-state index contributed by atoms with van der Waals surface area (Å²) in [4.78, 5) is 23.8. The minimum absolute atomic E-state index is 0.0128. The SMILES string of the molecule is C[C@@H](CCc1ccccc1)NC(=O)Cn1ncc(Cl)c(Cl)c1=O. The third-order valence-electron chi connectivity index (χ3n) is 3.35. The van der Waals surface area contributed by atoms with Gasteiger partial charge in [0, 0.05) is 6.04 Å². The summed E-state index contributed by atoms with van der Waals surface area (Å²) in [6.45, 7) is 1.73. The zero-order valence-corrected chi connectivity index (χ0v) is 14.1. The third-order valence-corrected chi connectivity index (χ3v) is 4.10. The van der Waals surface area contributed by atoms with Gasteiger partial charge in [-0.3, -0.25) is 9.59 Å². The van der Waals surface area contributed by atoms with Crippen molar-refractivity contribution in [1.82, 2.24) is 15.1 Å². The maximum atomic E-state index is 12.0. The summed E-state index contributed by atoms with van der Waals surface area (Å²) in [5.41, 5.74) is 0.641. The van der Waals surface area contributed by atoms with Crippen LogP contribution < -0.4 is 10.9 Å². The van der Waals surface area contributed by atoms with Crippen molar-refractivity contribution in [1.29, 1.82) is 0 Å². The Kier molecular flexibility index (Phi) is 6.19. The summed E-state index contributed by atoms with van der Waals surface area (Å²) in [6, 6.07) is 10.0. The van der Waals surface area contributed by atoms with Crippen LogP contribution in [-0.4, -0.2) is 21.7 Å². The molecule has 1 heterocycles. The fraction of sp³-hybridized carbons (Fsp3) is 0.312. The summed E-state index contributed by atoms with van der Waals surface area (Å²) in [7, 11) is 0. The molecule has 0 aliphatic rings. The molecule has 122 valence electrons. The van der Waals surface area contributed by atoms with Crippen LogP contribution in [0.4, 0.5) is 0 Å². The maximum absolute atomic E-state index is 12.0. The molecule has 1 aromatic heterocycles. The number of hydrogen-bond donors (Lipinski definition) is 1. The van der Waals surface area contributed by atoms with Crippen molar-refractivity contribution in [3.8, 4) is 0 Å². The molecule has 0 unspecified atom stereocenters. The van der Waals surface area contributed by atoms with Gasteiger partial charge in [0.2, 0.25) is 5.91 Å². The first kappa shape index (κ1) is 17.5. The van der Waals surface area contributed by atoms with E-state index in [1.54, 1.807) is 0 Å². The second-order valence-electron chi connectivity index (χ2n) is 5.26. The van der Waals surface area contributed by atoms with Crippen molar-refractivity contribution in [3.05, 3.63) is 62.5 Å². The highest BCUT2D eigenvalue weighted by molar-refractivity contribution is 6.41. The molecule has 1 atom stereocenters. The second kappa shape index (κ2) is 8.13. The van der Waals surface area contributed by atoms with Gasteiger partial charge in [-0.05, 0) is 25.3 Å². The molecular formula is C16H17Cl2N3O2. The number of amides is 1. The Hall–Kier alpha value is -1.85. The number of nitrogens with one attached hydrogen (secondary N) is 1. The van der Waals surface area contributed by atoms with Crippen LogP contribution in [0.3, 0.4) is 0 Å². The van der Waals surface area contributed by atoms with E-state index in [4.69, 9.17) is 23.2 Å². The second-order valence-corrected chi connectivity index (χ2v) is 6.05. The number of benzene rings is 1. The third kappa shape index (κ3) is 5.08. The minimum Gasteiger partial charge on any atom is -0.352 e. The van der Waals surface area contributed by atoms with Crippen molar-refractivity contribution in [2.45, 2.75) is 32.4 Å². The van der Waals surface area contributed by atoms with Gasteiger partial charge >= 0.3 is 0 Å². The first-order chi connectivity index (χ1) is 11.0. The summed E-state index contributed by atoms with van der Waals surface area (Å²) in [5, 5.41) is 6.59. The number of carbonyl (C=O) groups excluding carboxylic acids is 1. The topological polar surface area (TPSA) is 64.0 Å². The molecule has 1 aromatic carbocycles. The largest absolute Gasteiger partial charge is 0.352 e. The van der Waals surface area contributed by atoms with Gasteiger partial charge in [-0.1, -0.05) is 53.5 Å². The molecule has 0 fully saturated rings. The molecule has 2 aromatic rings. The Balaban J connectivity index is 1.87. The molecule has 0 radical (unpaired) electrons. The van der Waals surface area contributed by atoms with Crippen LogP contribution in [0.5, 0.6) is 0 Å². The fourth-order valence-electron chi connectivity index (χ4n) is 2.11. The first-order valence-electron chi connectivity index (χ1n) is 7.21. The van der Waals surface area contributed by atoms with E-state index in [0.717, 1.165) is 17.5 Å². The van der Waals surface area contributed by atoms with E-state index in [-0.39, 0.29) is 28.5 Å². The quantitative estimate of drug-likeness (QED) is 0.868. The average molecular weight is 354 g/mol. The number of aryl methyl sites for hydroxylation is 1. The van der Waals surface area contributed by atoms with E-state index in [1.807, 2.05) is 37.3 Å². The van der Waals surface area contributed by atoms with Crippen LogP contribution >= 0.6 is 23.2 Å². The molecule has 5 nitrogen and oxygen atoms in total. The van der Waals surface area contributed by atoms with Gasteiger partial charge in [0.1, 0.15) is 11.6 Å². The molecule has 0 bridgehead atoms. The van der Waals surface area contributed by atoms with Gasteiger partial charge in [-0.15, -0.1) is 0 Å². The lowest BCUT2D eigenvalue weighted by atomic mass is 10.1. The molecule has 0 saturated heterocycles. The lowest BCUT2D eigenvalue weighted by Gasteiger charge is -2.14. The minimum atomic E-state index is -0.578. The van der Waals surface area contributed by atoms with Crippen LogP contribution in [-0.2, 0) is 17.8 Å². The molecule has 0 aliphatic carbocycles. The summed E-state index contributed by atoms with van der Waals surface area (Å²) in [6.07, 6.45) is 2.92. The first-order valence-corrected chi connectivity index (χ1v) is 7.97. The van der Waals surface area contributed by atoms with Gasteiger partial charge in [0.15, 0.2) is 0 Å². The van der Waals surface area contributed by atoms with Gasteiger partial charge in [-0.25, -0.2) is 4.68 Å². The Bertz CT molecular complexity index is 732. The number of rotatable bonds is 6. The van der Waals surface area contributed by atoms with Gasteiger partial charge in [0.05, 0.1) is 11.2 Å². The number of halogens is 2. The summed E-state index contributed by atoms with van der Waals surface area (Å²) >= 11 is 11.5. The predicted octanol–water partition coefficient (Wildman–Crippen LogP) is 2.69. The van der Waals surface area contributed by atoms with Crippen molar-refractivity contribution in [2.75, 3.05) is 0 Å². The van der Waals surface area contributed by atoms with Crippen LogP contribution in [0.25, 0.3) is 0 Å². The van der Waals surface area contributed by atoms with Crippen molar-refractivity contribution >= 4 is 29.1 Å². The Morgan fingerprint density at radius 2 is 2.00 bits per heavy atom. The van der Waals surface area contributed by atoms with Crippen LogP contribution in [0.1, 0.15) is 18.9 Å². The number of carbonyl (C=O) groups is 1. The van der Waals surface area contributed by atoms with E-state index < -0.39 is 5.56 Å². The zero-order valence-electron chi connectivity index (χ0n) is 12.6. The summed E-state index contributed by atoms with van der Waals surface area (Å²) in [5.74, 6) is -0.293.